The summed E-state index contributed by atoms with van der Waals surface area (Å²) in [4.78, 5) is 2.21. The minimum Gasteiger partial charge on any atom is -0.379 e. The van der Waals surface area contributed by atoms with Crippen molar-refractivity contribution in [3.8, 4) is 0 Å². The lowest BCUT2D eigenvalue weighted by molar-refractivity contribution is 0.0390. The fraction of sp³-hybridized carbons (Fsp3) is 1.00. The first kappa shape index (κ1) is 15.8. The molecule has 0 aromatic carbocycles. The molecule has 1 rings (SSSR count). The monoisotopic (exact) mass is 279 g/mol. The predicted molar refractivity (Wildman–Crippen MR) is 72.2 cm³/mol. The van der Waals surface area contributed by atoms with Crippen molar-refractivity contribution >= 4 is 10.0 Å². The summed E-state index contributed by atoms with van der Waals surface area (Å²) in [6, 6.07) is 0. The van der Waals surface area contributed by atoms with Crippen LogP contribution < -0.4 is 10.0 Å². The van der Waals surface area contributed by atoms with E-state index >= 15 is 0 Å². The third-order valence-electron chi connectivity index (χ3n) is 3.05. The van der Waals surface area contributed by atoms with Crippen LogP contribution in [-0.2, 0) is 14.8 Å². The summed E-state index contributed by atoms with van der Waals surface area (Å²) in [6.45, 7) is 9.42. The Hall–Kier alpha value is -0.210. The van der Waals surface area contributed by atoms with Gasteiger partial charge in [0.1, 0.15) is 0 Å². The maximum Gasteiger partial charge on any atom is 0.215 e. The summed E-state index contributed by atoms with van der Waals surface area (Å²) in [5.41, 5.74) is 0. The molecule has 1 fully saturated rings. The zero-order chi connectivity index (χ0) is 13.4. The molecule has 6 nitrogen and oxygen atoms in total. The van der Waals surface area contributed by atoms with Crippen LogP contribution in [0.25, 0.3) is 0 Å². The lowest BCUT2D eigenvalue weighted by Crippen LogP contribution is -2.44. The lowest BCUT2D eigenvalue weighted by atomic mass is 10.4. The Labute approximate surface area is 110 Å². The number of hydrogen-bond acceptors (Lipinski definition) is 5. The summed E-state index contributed by atoms with van der Waals surface area (Å²) in [5, 5.41) is 2.65. The highest BCUT2D eigenvalue weighted by atomic mass is 32.2. The summed E-state index contributed by atoms with van der Waals surface area (Å²) in [5.74, 6) is 0. The molecule has 2 N–H and O–H groups in total. The first-order chi connectivity index (χ1) is 8.56. The van der Waals surface area contributed by atoms with Gasteiger partial charge in [-0.15, -0.1) is 0 Å². The first-order valence-electron chi connectivity index (χ1n) is 6.55. The second-order valence-corrected chi connectivity index (χ2v) is 6.70. The van der Waals surface area contributed by atoms with Crippen molar-refractivity contribution in [2.75, 3.05) is 52.5 Å². The highest BCUT2D eigenvalue weighted by Crippen LogP contribution is 1.98. The van der Waals surface area contributed by atoms with Crippen LogP contribution in [0.4, 0.5) is 0 Å². The third-order valence-corrected chi connectivity index (χ3v) is 4.88. The second kappa shape index (κ2) is 8.06. The quantitative estimate of drug-likeness (QED) is 0.611. The fourth-order valence-electron chi connectivity index (χ4n) is 1.77. The molecule has 18 heavy (non-hydrogen) atoms. The lowest BCUT2D eigenvalue weighted by Gasteiger charge is -2.26. The van der Waals surface area contributed by atoms with E-state index in [-0.39, 0.29) is 0 Å². The van der Waals surface area contributed by atoms with E-state index in [1.54, 1.807) is 6.92 Å². The Morgan fingerprint density at radius 2 is 2.00 bits per heavy atom. The van der Waals surface area contributed by atoms with E-state index in [0.717, 1.165) is 39.4 Å². The topological polar surface area (TPSA) is 70.7 Å². The number of nitrogens with one attached hydrogen (secondary N) is 2. The van der Waals surface area contributed by atoms with E-state index in [4.69, 9.17) is 4.74 Å². The highest BCUT2D eigenvalue weighted by Gasteiger charge is 2.20. The van der Waals surface area contributed by atoms with Gasteiger partial charge in [-0.1, -0.05) is 6.92 Å². The maximum atomic E-state index is 11.9. The van der Waals surface area contributed by atoms with E-state index in [1.165, 1.54) is 0 Å². The molecule has 108 valence electrons. The molecule has 1 aliphatic heterocycles. The Balaban J connectivity index is 2.23. The molecule has 0 bridgehead atoms. The normalized spacial score (nSPS) is 19.9. The molecule has 1 aliphatic rings. The molecule has 0 aromatic heterocycles. The van der Waals surface area contributed by atoms with Crippen molar-refractivity contribution in [1.82, 2.24) is 14.9 Å². The number of sulfonamides is 1. The van der Waals surface area contributed by atoms with Crippen molar-refractivity contribution in [3.05, 3.63) is 0 Å². The number of rotatable bonds is 8. The van der Waals surface area contributed by atoms with Crippen LogP contribution in [0.5, 0.6) is 0 Å². The minimum atomic E-state index is -3.20. The highest BCUT2D eigenvalue weighted by molar-refractivity contribution is 7.90. The van der Waals surface area contributed by atoms with Crippen molar-refractivity contribution < 1.29 is 13.2 Å². The van der Waals surface area contributed by atoms with Crippen LogP contribution in [0, 0.1) is 0 Å². The van der Waals surface area contributed by atoms with Crippen LogP contribution in [0.1, 0.15) is 13.8 Å². The molecule has 0 radical (unpaired) electrons. The van der Waals surface area contributed by atoms with Gasteiger partial charge in [0.25, 0.3) is 0 Å². The largest absolute Gasteiger partial charge is 0.379 e. The average molecular weight is 279 g/mol. The first-order valence-corrected chi connectivity index (χ1v) is 8.10. The molecule has 1 atom stereocenters. The fourth-order valence-corrected chi connectivity index (χ4v) is 2.77. The van der Waals surface area contributed by atoms with Gasteiger partial charge < -0.3 is 10.1 Å². The molecule has 0 amide bonds. The van der Waals surface area contributed by atoms with E-state index < -0.39 is 15.3 Å². The Bertz CT molecular complexity index is 315. The standard InChI is InChI=1S/C11H25N3O3S/c1-3-12-10-11(2)18(15,16)13-4-5-14-6-8-17-9-7-14/h11-13H,3-10H2,1-2H3. The summed E-state index contributed by atoms with van der Waals surface area (Å²) < 4.78 is 31.7. The van der Waals surface area contributed by atoms with E-state index in [9.17, 15) is 8.42 Å². The average Bonchev–Trinajstić information content (AvgIpc) is 2.37. The minimum absolute atomic E-state index is 0.401. The number of morpholine rings is 1. The maximum absolute atomic E-state index is 11.9. The Morgan fingerprint density at radius 1 is 1.33 bits per heavy atom. The van der Waals surface area contributed by atoms with Crippen LogP contribution in [0.15, 0.2) is 0 Å². The Morgan fingerprint density at radius 3 is 2.61 bits per heavy atom. The second-order valence-electron chi connectivity index (χ2n) is 4.51. The molecule has 0 spiro atoms. The zero-order valence-corrected chi connectivity index (χ0v) is 12.1. The van der Waals surface area contributed by atoms with Gasteiger partial charge in [-0.05, 0) is 13.5 Å². The molecule has 1 heterocycles. The van der Waals surface area contributed by atoms with E-state index in [2.05, 4.69) is 14.9 Å². The van der Waals surface area contributed by atoms with Gasteiger partial charge in [0, 0.05) is 32.7 Å². The van der Waals surface area contributed by atoms with Gasteiger partial charge in [-0.3, -0.25) is 4.90 Å². The molecule has 0 saturated carbocycles. The van der Waals surface area contributed by atoms with Gasteiger partial charge in [0.05, 0.1) is 18.5 Å². The van der Waals surface area contributed by atoms with Crippen molar-refractivity contribution in [2.45, 2.75) is 19.1 Å². The van der Waals surface area contributed by atoms with Gasteiger partial charge in [-0.2, -0.15) is 0 Å². The van der Waals surface area contributed by atoms with Gasteiger partial charge in [0.15, 0.2) is 0 Å². The molecular weight excluding hydrogens is 254 g/mol. The Kier molecular flexibility index (Phi) is 7.10. The van der Waals surface area contributed by atoms with Crippen molar-refractivity contribution in [2.24, 2.45) is 0 Å². The summed E-state index contributed by atoms with van der Waals surface area (Å²) >= 11 is 0. The van der Waals surface area contributed by atoms with E-state index in [0.29, 0.717) is 13.1 Å². The third kappa shape index (κ3) is 5.62. The van der Waals surface area contributed by atoms with Crippen LogP contribution in [0.2, 0.25) is 0 Å². The molecule has 1 unspecified atom stereocenters. The molecule has 0 aliphatic carbocycles. The van der Waals surface area contributed by atoms with Gasteiger partial charge in [0.2, 0.25) is 10.0 Å². The molecule has 1 saturated heterocycles. The predicted octanol–water partition coefficient (Wildman–Crippen LogP) is -0.764. The van der Waals surface area contributed by atoms with Crippen molar-refractivity contribution in [3.63, 3.8) is 0 Å². The van der Waals surface area contributed by atoms with Gasteiger partial charge >= 0.3 is 0 Å². The molecular formula is C11H25N3O3S. The van der Waals surface area contributed by atoms with E-state index in [1.807, 2.05) is 6.92 Å². The molecule has 7 heteroatoms. The SMILES string of the molecule is CCNCC(C)S(=O)(=O)NCCN1CCOCC1. The van der Waals surface area contributed by atoms with Crippen LogP contribution in [-0.4, -0.2) is 71.0 Å². The summed E-state index contributed by atoms with van der Waals surface area (Å²) in [7, 11) is -3.20. The van der Waals surface area contributed by atoms with Crippen LogP contribution >= 0.6 is 0 Å². The van der Waals surface area contributed by atoms with Crippen LogP contribution in [0.3, 0.4) is 0 Å². The van der Waals surface area contributed by atoms with Crippen molar-refractivity contribution in [1.29, 1.82) is 0 Å². The summed E-state index contributed by atoms with van der Waals surface area (Å²) in [6.07, 6.45) is 0. The number of nitrogens with zero attached hydrogens (tertiary/aromatic N) is 1. The number of ether oxygens (including phenoxy) is 1. The number of hydrogen-bond donors (Lipinski definition) is 2. The zero-order valence-electron chi connectivity index (χ0n) is 11.3. The van der Waals surface area contributed by atoms with Gasteiger partial charge in [-0.25, -0.2) is 13.1 Å². The molecule has 0 aromatic rings. The smallest absolute Gasteiger partial charge is 0.215 e.